The molecule has 0 fully saturated rings. The van der Waals surface area contributed by atoms with Crippen LogP contribution in [0.4, 0.5) is 0 Å². The van der Waals surface area contributed by atoms with Crippen LogP contribution in [0, 0.1) is 0 Å². The van der Waals surface area contributed by atoms with Gasteiger partial charge in [-0.1, -0.05) is 117 Å². The van der Waals surface area contributed by atoms with Crippen molar-refractivity contribution in [1.29, 1.82) is 0 Å². The third kappa shape index (κ3) is 13.9. The summed E-state index contributed by atoms with van der Waals surface area (Å²) in [5.41, 5.74) is 0. The molecule has 1 aromatic heterocycles. The lowest BCUT2D eigenvalue weighted by atomic mass is 10.1. The molecule has 0 unspecified atom stereocenters. The van der Waals surface area contributed by atoms with Gasteiger partial charge in [-0.2, -0.15) is 0 Å². The molecular formula is C27H53N2+. The van der Waals surface area contributed by atoms with Crippen LogP contribution >= 0.6 is 0 Å². The Balaban J connectivity index is 2.03. The van der Waals surface area contributed by atoms with Crippen molar-refractivity contribution in [3.05, 3.63) is 18.2 Å². The topological polar surface area (TPSA) is 8.81 Å². The zero-order valence-electron chi connectivity index (χ0n) is 20.4. The first-order valence-electron chi connectivity index (χ1n) is 13.3. The fraction of sp³-hybridized carbons (Fsp3) is 0.889. The zero-order valence-corrected chi connectivity index (χ0v) is 20.4. The molecule has 0 N–H and O–H groups in total. The van der Waals surface area contributed by atoms with Crippen molar-refractivity contribution < 1.29 is 4.57 Å². The van der Waals surface area contributed by atoms with E-state index >= 15 is 0 Å². The maximum atomic E-state index is 2.52. The minimum Gasteiger partial charge on any atom is -0.237 e. The molecule has 0 atom stereocenters. The second kappa shape index (κ2) is 19.2. The van der Waals surface area contributed by atoms with Gasteiger partial charge in [0.05, 0.1) is 13.6 Å². The van der Waals surface area contributed by atoms with Crippen LogP contribution in [-0.4, -0.2) is 4.57 Å². The predicted molar refractivity (Wildman–Crippen MR) is 128 cm³/mol. The molecule has 0 bridgehead atoms. The van der Waals surface area contributed by atoms with Crippen LogP contribution < -0.4 is 4.57 Å². The molecule has 1 heterocycles. The Morgan fingerprint density at radius 1 is 0.586 bits per heavy atom. The fourth-order valence-corrected chi connectivity index (χ4v) is 4.44. The summed E-state index contributed by atoms with van der Waals surface area (Å²) in [6.45, 7) is 5.81. The summed E-state index contributed by atoms with van der Waals surface area (Å²) >= 11 is 0. The molecule has 0 amide bonds. The van der Waals surface area contributed by atoms with Crippen LogP contribution in [0.5, 0.6) is 0 Å². The molecule has 0 aromatic carbocycles. The summed E-state index contributed by atoms with van der Waals surface area (Å²) in [5.74, 6) is 1.53. The van der Waals surface area contributed by atoms with E-state index in [1.165, 1.54) is 141 Å². The van der Waals surface area contributed by atoms with E-state index in [9.17, 15) is 0 Å². The van der Waals surface area contributed by atoms with Gasteiger partial charge >= 0.3 is 0 Å². The number of hydrogen-bond donors (Lipinski definition) is 0. The van der Waals surface area contributed by atoms with E-state index in [4.69, 9.17) is 0 Å². The van der Waals surface area contributed by atoms with Crippen molar-refractivity contribution in [2.24, 2.45) is 7.05 Å². The van der Waals surface area contributed by atoms with Crippen molar-refractivity contribution in [3.8, 4) is 0 Å². The second-order valence-electron chi connectivity index (χ2n) is 9.28. The minimum absolute atomic E-state index is 1.21. The third-order valence-electron chi connectivity index (χ3n) is 6.47. The van der Waals surface area contributed by atoms with E-state index in [1.54, 1.807) is 0 Å². The van der Waals surface area contributed by atoms with Gasteiger partial charge < -0.3 is 0 Å². The molecule has 2 heteroatoms. The Hall–Kier alpha value is -0.790. The molecule has 0 aliphatic heterocycles. The van der Waals surface area contributed by atoms with Crippen molar-refractivity contribution >= 4 is 0 Å². The normalized spacial score (nSPS) is 11.4. The number of rotatable bonds is 21. The molecule has 170 valence electrons. The predicted octanol–water partition coefficient (Wildman–Crippen LogP) is 8.31. The molecule has 0 radical (unpaired) electrons. The summed E-state index contributed by atoms with van der Waals surface area (Å²) in [6.07, 6.45) is 32.7. The van der Waals surface area contributed by atoms with Gasteiger partial charge in [0, 0.05) is 6.42 Å². The van der Waals surface area contributed by atoms with Gasteiger partial charge in [-0.15, -0.1) is 0 Å². The lowest BCUT2D eigenvalue weighted by molar-refractivity contribution is -0.678. The Morgan fingerprint density at radius 2 is 1.00 bits per heavy atom. The molecule has 2 nitrogen and oxygen atoms in total. The van der Waals surface area contributed by atoms with Crippen LogP contribution in [0.25, 0.3) is 0 Å². The van der Waals surface area contributed by atoms with Gasteiger partial charge in [-0.3, -0.25) is 0 Å². The third-order valence-corrected chi connectivity index (χ3v) is 6.47. The van der Waals surface area contributed by atoms with Crippen molar-refractivity contribution in [2.45, 2.75) is 149 Å². The second-order valence-corrected chi connectivity index (χ2v) is 9.28. The van der Waals surface area contributed by atoms with Crippen molar-refractivity contribution in [3.63, 3.8) is 0 Å². The summed E-state index contributed by atoms with van der Waals surface area (Å²) in [4.78, 5) is 0. The molecule has 0 saturated heterocycles. The summed E-state index contributed by atoms with van der Waals surface area (Å²) in [6, 6.07) is 0. The first-order valence-corrected chi connectivity index (χ1v) is 13.3. The first kappa shape index (κ1) is 26.2. The Morgan fingerprint density at radius 3 is 1.48 bits per heavy atom. The monoisotopic (exact) mass is 405 g/mol. The molecular weight excluding hydrogens is 352 g/mol. The highest BCUT2D eigenvalue weighted by molar-refractivity contribution is 4.84. The summed E-state index contributed by atoms with van der Waals surface area (Å²) in [5, 5.41) is 0. The van der Waals surface area contributed by atoms with Gasteiger partial charge in [-0.25, -0.2) is 9.13 Å². The highest BCUT2D eigenvalue weighted by atomic mass is 15.1. The quantitative estimate of drug-likeness (QED) is 0.144. The van der Waals surface area contributed by atoms with Gasteiger partial charge in [0.1, 0.15) is 12.4 Å². The number of imidazole rings is 1. The lowest BCUT2D eigenvalue weighted by Gasteiger charge is -2.05. The fourth-order valence-electron chi connectivity index (χ4n) is 4.44. The summed E-state index contributed by atoms with van der Waals surface area (Å²) in [7, 11) is 2.22. The lowest BCUT2D eigenvalue weighted by Crippen LogP contribution is -2.32. The number of aromatic nitrogens is 2. The van der Waals surface area contributed by atoms with Crippen LogP contribution in [0.3, 0.4) is 0 Å². The van der Waals surface area contributed by atoms with Crippen LogP contribution in [0.1, 0.15) is 142 Å². The SMILES string of the molecule is CCCCCCCCCCCCCc1n(CCCCCCCCCC)cc[n+]1C. The molecule has 0 aliphatic rings. The van der Waals surface area contributed by atoms with E-state index in [2.05, 4.69) is 42.4 Å². The van der Waals surface area contributed by atoms with E-state index < -0.39 is 0 Å². The molecule has 1 rings (SSSR count). The molecule has 29 heavy (non-hydrogen) atoms. The number of unbranched alkanes of at least 4 members (excludes halogenated alkanes) is 17. The molecule has 0 saturated carbocycles. The Bertz CT molecular complexity index is 463. The Kier molecular flexibility index (Phi) is 17.4. The minimum atomic E-state index is 1.21. The van der Waals surface area contributed by atoms with E-state index in [0.29, 0.717) is 0 Å². The smallest absolute Gasteiger partial charge is 0.237 e. The van der Waals surface area contributed by atoms with Gasteiger partial charge in [-0.05, 0) is 19.3 Å². The highest BCUT2D eigenvalue weighted by Crippen LogP contribution is 2.13. The maximum absolute atomic E-state index is 2.52. The van der Waals surface area contributed by atoms with Gasteiger partial charge in [0.25, 0.3) is 5.82 Å². The van der Waals surface area contributed by atoms with Gasteiger partial charge in [0.2, 0.25) is 0 Å². The molecule has 0 spiro atoms. The highest BCUT2D eigenvalue weighted by Gasteiger charge is 2.13. The summed E-state index contributed by atoms with van der Waals surface area (Å²) < 4.78 is 4.87. The molecule has 1 aromatic rings. The van der Waals surface area contributed by atoms with E-state index in [-0.39, 0.29) is 0 Å². The van der Waals surface area contributed by atoms with E-state index in [0.717, 1.165) is 0 Å². The number of nitrogens with zero attached hydrogens (tertiary/aromatic N) is 2. The average molecular weight is 406 g/mol. The largest absolute Gasteiger partial charge is 0.256 e. The number of hydrogen-bond acceptors (Lipinski definition) is 0. The standard InChI is InChI=1S/C27H53N2/c1-4-6-8-10-12-14-15-16-17-19-21-23-27-28(3)25-26-29(27)24-22-20-18-13-11-9-7-5-2/h25-26H,4-24H2,1-3H3/q+1. The van der Waals surface area contributed by atoms with E-state index in [1.807, 2.05) is 0 Å². The zero-order chi connectivity index (χ0) is 21.0. The van der Waals surface area contributed by atoms with Crippen molar-refractivity contribution in [2.75, 3.05) is 0 Å². The number of aryl methyl sites for hydroxylation is 2. The van der Waals surface area contributed by atoms with Crippen LogP contribution in [0.15, 0.2) is 12.4 Å². The maximum Gasteiger partial charge on any atom is 0.256 e. The average Bonchev–Trinajstić information content (AvgIpc) is 3.07. The first-order chi connectivity index (χ1) is 14.3. The van der Waals surface area contributed by atoms with Crippen LogP contribution in [0.2, 0.25) is 0 Å². The molecule has 0 aliphatic carbocycles. The van der Waals surface area contributed by atoms with Crippen molar-refractivity contribution in [1.82, 2.24) is 4.57 Å². The van der Waals surface area contributed by atoms with Gasteiger partial charge in [0.15, 0.2) is 0 Å². The Labute approximate surface area is 183 Å². The van der Waals surface area contributed by atoms with Crippen LogP contribution in [-0.2, 0) is 20.0 Å².